The third-order valence-electron chi connectivity index (χ3n) is 4.93. The Morgan fingerprint density at radius 1 is 1.26 bits per heavy atom. The third kappa shape index (κ3) is 2.93. The Bertz CT molecular complexity index is 712. The van der Waals surface area contributed by atoms with Crippen LogP contribution in [-0.4, -0.2) is 55.0 Å². The lowest BCUT2D eigenvalue weighted by Crippen LogP contribution is -2.49. The van der Waals surface area contributed by atoms with E-state index in [2.05, 4.69) is 4.90 Å². The summed E-state index contributed by atoms with van der Waals surface area (Å²) in [4.78, 5) is 17.1. The summed E-state index contributed by atoms with van der Waals surface area (Å²) in [6.07, 6.45) is 4.77. The molecule has 122 valence electrons. The Balaban J connectivity index is 1.42. The summed E-state index contributed by atoms with van der Waals surface area (Å²) < 4.78 is 10.8. The molecule has 0 spiro atoms. The summed E-state index contributed by atoms with van der Waals surface area (Å²) >= 11 is 0. The van der Waals surface area contributed by atoms with Crippen molar-refractivity contribution < 1.29 is 13.9 Å². The van der Waals surface area contributed by atoms with Gasteiger partial charge in [-0.05, 0) is 25.0 Å². The van der Waals surface area contributed by atoms with Crippen molar-refractivity contribution in [3.8, 4) is 5.75 Å². The van der Waals surface area contributed by atoms with Gasteiger partial charge in [-0.2, -0.15) is 0 Å². The molecule has 2 fully saturated rings. The number of carbonyl (C=O) groups is 1. The molecule has 0 radical (unpaired) electrons. The van der Waals surface area contributed by atoms with Crippen LogP contribution in [0.5, 0.6) is 5.75 Å². The van der Waals surface area contributed by atoms with E-state index in [0.717, 1.165) is 54.5 Å². The largest absolute Gasteiger partial charge is 0.497 e. The lowest BCUT2D eigenvalue weighted by molar-refractivity contribution is -0.132. The minimum absolute atomic E-state index is 0.193. The molecule has 1 amide bonds. The summed E-state index contributed by atoms with van der Waals surface area (Å²) in [5.74, 6) is 0.958. The second kappa shape index (κ2) is 5.89. The summed E-state index contributed by atoms with van der Waals surface area (Å²) in [6, 6.07) is 6.52. The van der Waals surface area contributed by atoms with Crippen LogP contribution in [0.3, 0.4) is 0 Å². The topological polar surface area (TPSA) is 45.9 Å². The van der Waals surface area contributed by atoms with E-state index in [0.29, 0.717) is 6.42 Å². The highest BCUT2D eigenvalue weighted by Gasteiger charge is 2.32. The third-order valence-corrected chi connectivity index (χ3v) is 4.93. The lowest BCUT2D eigenvalue weighted by Gasteiger charge is -2.34. The molecule has 1 aromatic carbocycles. The molecule has 1 saturated carbocycles. The van der Waals surface area contributed by atoms with Crippen LogP contribution in [0.4, 0.5) is 0 Å². The normalized spacial score (nSPS) is 19.3. The molecule has 23 heavy (non-hydrogen) atoms. The van der Waals surface area contributed by atoms with E-state index in [4.69, 9.17) is 9.15 Å². The van der Waals surface area contributed by atoms with Crippen molar-refractivity contribution in [3.05, 3.63) is 30.0 Å². The van der Waals surface area contributed by atoms with Crippen LogP contribution in [0.15, 0.2) is 28.9 Å². The smallest absolute Gasteiger partial charge is 0.227 e. The minimum atomic E-state index is 0.193. The van der Waals surface area contributed by atoms with Crippen LogP contribution in [0.1, 0.15) is 18.4 Å². The van der Waals surface area contributed by atoms with E-state index in [1.807, 2.05) is 23.1 Å². The summed E-state index contributed by atoms with van der Waals surface area (Å²) in [5.41, 5.74) is 1.72. The molecular weight excluding hydrogens is 292 g/mol. The fraction of sp³-hybridized carbons (Fsp3) is 0.500. The van der Waals surface area contributed by atoms with E-state index in [9.17, 15) is 4.79 Å². The zero-order valence-corrected chi connectivity index (χ0v) is 13.5. The average Bonchev–Trinajstić information content (AvgIpc) is 3.37. The Morgan fingerprint density at radius 3 is 2.74 bits per heavy atom. The number of furan rings is 1. The van der Waals surface area contributed by atoms with E-state index in [1.54, 1.807) is 13.4 Å². The summed E-state index contributed by atoms with van der Waals surface area (Å²) in [7, 11) is 1.63. The van der Waals surface area contributed by atoms with E-state index < -0.39 is 0 Å². The van der Waals surface area contributed by atoms with Crippen molar-refractivity contribution in [2.45, 2.75) is 25.3 Å². The van der Waals surface area contributed by atoms with Gasteiger partial charge in [0.2, 0.25) is 5.91 Å². The number of methoxy groups -OCH3 is 1. The highest BCUT2D eigenvalue weighted by Crippen LogP contribution is 2.28. The monoisotopic (exact) mass is 314 g/mol. The van der Waals surface area contributed by atoms with Gasteiger partial charge in [0.25, 0.3) is 0 Å². The molecule has 1 aliphatic carbocycles. The van der Waals surface area contributed by atoms with Crippen LogP contribution in [0.2, 0.25) is 0 Å². The first-order valence-electron chi connectivity index (χ1n) is 8.30. The molecular formula is C18H22N2O3. The van der Waals surface area contributed by atoms with Gasteiger partial charge in [0.05, 0.1) is 19.8 Å². The molecule has 1 aromatic heterocycles. The van der Waals surface area contributed by atoms with Gasteiger partial charge in [0, 0.05) is 49.2 Å². The molecule has 0 unspecified atom stereocenters. The van der Waals surface area contributed by atoms with Gasteiger partial charge in [-0.15, -0.1) is 0 Å². The zero-order chi connectivity index (χ0) is 15.8. The highest BCUT2D eigenvalue weighted by molar-refractivity contribution is 5.88. The number of nitrogens with zero attached hydrogens (tertiary/aromatic N) is 2. The van der Waals surface area contributed by atoms with E-state index in [-0.39, 0.29) is 5.91 Å². The highest BCUT2D eigenvalue weighted by atomic mass is 16.5. The van der Waals surface area contributed by atoms with Gasteiger partial charge in [-0.25, -0.2) is 0 Å². The first-order chi connectivity index (χ1) is 11.2. The van der Waals surface area contributed by atoms with Crippen LogP contribution in [-0.2, 0) is 11.2 Å². The van der Waals surface area contributed by atoms with Crippen molar-refractivity contribution >= 4 is 16.9 Å². The molecule has 4 rings (SSSR count). The predicted octanol–water partition coefficient (Wildman–Crippen LogP) is 2.29. The number of fused-ring (bicyclic) bond motifs is 1. The van der Waals surface area contributed by atoms with Crippen molar-refractivity contribution in [3.63, 3.8) is 0 Å². The standard InChI is InChI=1S/C18H22N2O3/c1-22-15-4-5-16-13(12-23-17(16)11-15)10-18(21)20-8-6-19(7-9-20)14-2-3-14/h4-5,11-12,14H,2-3,6-10H2,1H3. The van der Waals surface area contributed by atoms with Crippen molar-refractivity contribution in [2.24, 2.45) is 0 Å². The molecule has 1 aliphatic heterocycles. The summed E-state index contributed by atoms with van der Waals surface area (Å²) in [6.45, 7) is 3.72. The maximum absolute atomic E-state index is 12.6. The van der Waals surface area contributed by atoms with Crippen LogP contribution in [0, 0.1) is 0 Å². The predicted molar refractivity (Wildman–Crippen MR) is 87.6 cm³/mol. The SMILES string of the molecule is COc1ccc2c(CC(=O)N3CCN(C4CC4)CC3)coc2c1. The molecule has 2 aromatic rings. The van der Waals surface area contributed by atoms with Gasteiger partial charge in [0.1, 0.15) is 11.3 Å². The maximum Gasteiger partial charge on any atom is 0.227 e. The Hall–Kier alpha value is -2.01. The molecule has 0 N–H and O–H groups in total. The van der Waals surface area contributed by atoms with E-state index in [1.165, 1.54) is 12.8 Å². The van der Waals surface area contributed by atoms with Gasteiger partial charge in [0.15, 0.2) is 0 Å². The first kappa shape index (κ1) is 14.6. The minimum Gasteiger partial charge on any atom is -0.497 e. The van der Waals surface area contributed by atoms with Crippen molar-refractivity contribution in [1.29, 1.82) is 0 Å². The van der Waals surface area contributed by atoms with Crippen LogP contribution < -0.4 is 4.74 Å². The Labute approximate surface area is 135 Å². The number of ether oxygens (including phenoxy) is 1. The number of benzene rings is 1. The lowest BCUT2D eigenvalue weighted by atomic mass is 10.1. The number of rotatable bonds is 4. The second-order valence-corrected chi connectivity index (χ2v) is 6.45. The quantitative estimate of drug-likeness (QED) is 0.869. The fourth-order valence-electron chi connectivity index (χ4n) is 3.38. The van der Waals surface area contributed by atoms with Crippen molar-refractivity contribution in [1.82, 2.24) is 9.80 Å². The van der Waals surface area contributed by atoms with Gasteiger partial charge < -0.3 is 14.1 Å². The number of hydrogen-bond acceptors (Lipinski definition) is 4. The molecule has 5 heteroatoms. The zero-order valence-electron chi connectivity index (χ0n) is 13.5. The number of amides is 1. The molecule has 2 aliphatic rings. The Kier molecular flexibility index (Phi) is 3.73. The molecule has 0 bridgehead atoms. The second-order valence-electron chi connectivity index (χ2n) is 6.45. The molecule has 5 nitrogen and oxygen atoms in total. The Morgan fingerprint density at radius 2 is 2.04 bits per heavy atom. The number of piperazine rings is 1. The van der Waals surface area contributed by atoms with Gasteiger partial charge in [-0.3, -0.25) is 9.69 Å². The van der Waals surface area contributed by atoms with Gasteiger partial charge in [-0.1, -0.05) is 0 Å². The van der Waals surface area contributed by atoms with Crippen molar-refractivity contribution in [2.75, 3.05) is 33.3 Å². The maximum atomic E-state index is 12.6. The first-order valence-corrected chi connectivity index (χ1v) is 8.30. The summed E-state index contributed by atoms with van der Waals surface area (Å²) in [5, 5.41) is 0.996. The van der Waals surface area contributed by atoms with Crippen LogP contribution >= 0.6 is 0 Å². The number of carbonyl (C=O) groups excluding carboxylic acids is 1. The molecule has 0 atom stereocenters. The number of hydrogen-bond donors (Lipinski definition) is 0. The average molecular weight is 314 g/mol. The molecule has 2 heterocycles. The van der Waals surface area contributed by atoms with E-state index >= 15 is 0 Å². The molecule has 1 saturated heterocycles. The van der Waals surface area contributed by atoms with Crippen LogP contribution in [0.25, 0.3) is 11.0 Å². The van der Waals surface area contributed by atoms with Gasteiger partial charge >= 0.3 is 0 Å². The fourth-order valence-corrected chi connectivity index (χ4v) is 3.38.